The lowest BCUT2D eigenvalue weighted by molar-refractivity contribution is 0.187. The highest BCUT2D eigenvalue weighted by atomic mass is 32.1. The van der Waals surface area contributed by atoms with E-state index in [4.69, 9.17) is 9.97 Å². The number of pyridine rings is 1. The Labute approximate surface area is 264 Å². The van der Waals surface area contributed by atoms with Gasteiger partial charge in [0.25, 0.3) is 5.56 Å². The molecule has 1 atom stereocenters. The maximum absolute atomic E-state index is 13.6. The molecular weight excluding hydrogens is 567 g/mol. The van der Waals surface area contributed by atoms with Crippen molar-refractivity contribution in [3.05, 3.63) is 69.1 Å². The SMILES string of the molecule is Cc1nc(N[C@H](C)c2ccc(-c3ccccc3CN3CCCC3)s2)c2cc(N3CCN(C4CCCC4)CC3)c(=O)n(C)c2n1. The van der Waals surface area contributed by atoms with Crippen molar-refractivity contribution in [2.24, 2.45) is 7.05 Å². The Bertz CT molecular complexity index is 1680. The van der Waals surface area contributed by atoms with E-state index < -0.39 is 0 Å². The van der Waals surface area contributed by atoms with Crippen molar-refractivity contribution in [1.29, 1.82) is 0 Å². The zero-order valence-corrected chi connectivity index (χ0v) is 27.2. The molecule has 1 aliphatic carbocycles. The second-order valence-corrected chi connectivity index (χ2v) is 14.0. The van der Waals surface area contributed by atoms with Gasteiger partial charge in [-0.3, -0.25) is 19.2 Å². The van der Waals surface area contributed by atoms with E-state index in [0.717, 1.165) is 55.7 Å². The molecule has 2 saturated heterocycles. The van der Waals surface area contributed by atoms with Crippen LogP contribution >= 0.6 is 11.3 Å². The fourth-order valence-electron chi connectivity index (χ4n) is 7.44. The number of thiophene rings is 1. The molecule has 0 unspecified atom stereocenters. The molecule has 3 aromatic heterocycles. The first kappa shape index (κ1) is 29.4. The van der Waals surface area contributed by atoms with Crippen LogP contribution in [0.4, 0.5) is 11.5 Å². The Balaban J connectivity index is 1.14. The zero-order valence-electron chi connectivity index (χ0n) is 26.4. The number of hydrogen-bond acceptors (Lipinski definition) is 8. The summed E-state index contributed by atoms with van der Waals surface area (Å²) in [6.07, 6.45) is 7.94. The Kier molecular flexibility index (Phi) is 8.44. The number of fused-ring (bicyclic) bond motifs is 1. The summed E-state index contributed by atoms with van der Waals surface area (Å²) in [5.74, 6) is 1.44. The van der Waals surface area contributed by atoms with Crippen molar-refractivity contribution in [2.45, 2.75) is 71.0 Å². The molecule has 1 saturated carbocycles. The molecule has 7 rings (SSSR count). The molecule has 0 spiro atoms. The Morgan fingerprint density at radius 2 is 1.70 bits per heavy atom. The summed E-state index contributed by atoms with van der Waals surface area (Å²) in [6, 6.07) is 16.2. The lowest BCUT2D eigenvalue weighted by Gasteiger charge is -2.39. The van der Waals surface area contributed by atoms with Crippen LogP contribution in [-0.2, 0) is 13.6 Å². The highest BCUT2D eigenvalue weighted by Crippen LogP contribution is 2.36. The quantitative estimate of drug-likeness (QED) is 0.255. The van der Waals surface area contributed by atoms with Gasteiger partial charge < -0.3 is 10.2 Å². The number of piperazine rings is 1. The molecule has 4 aromatic rings. The van der Waals surface area contributed by atoms with Gasteiger partial charge >= 0.3 is 0 Å². The van der Waals surface area contributed by atoms with Gasteiger partial charge in [-0.25, -0.2) is 9.97 Å². The number of benzene rings is 1. The van der Waals surface area contributed by atoms with Crippen molar-refractivity contribution < 1.29 is 0 Å². The minimum Gasteiger partial charge on any atom is -0.364 e. The van der Waals surface area contributed by atoms with Crippen LogP contribution in [0.2, 0.25) is 0 Å². The van der Waals surface area contributed by atoms with Gasteiger partial charge in [0.05, 0.1) is 11.4 Å². The minimum atomic E-state index is 0.0133. The molecule has 1 N–H and O–H groups in total. The average Bonchev–Trinajstić information content (AvgIpc) is 3.84. The summed E-state index contributed by atoms with van der Waals surface area (Å²) in [6.45, 7) is 11.3. The maximum atomic E-state index is 13.6. The second-order valence-electron chi connectivity index (χ2n) is 12.9. The largest absolute Gasteiger partial charge is 0.364 e. The lowest BCUT2D eigenvalue weighted by atomic mass is 10.1. The van der Waals surface area contributed by atoms with Gasteiger partial charge in [-0.2, -0.15) is 0 Å². The van der Waals surface area contributed by atoms with Crippen LogP contribution in [0.15, 0.2) is 47.3 Å². The maximum Gasteiger partial charge on any atom is 0.275 e. The van der Waals surface area contributed by atoms with Crippen LogP contribution in [-0.4, -0.2) is 69.6 Å². The van der Waals surface area contributed by atoms with Crippen LogP contribution < -0.4 is 15.8 Å². The van der Waals surface area contributed by atoms with E-state index in [-0.39, 0.29) is 11.6 Å². The summed E-state index contributed by atoms with van der Waals surface area (Å²) >= 11 is 1.84. The molecular formula is C35H45N7OS. The fraction of sp³-hybridized carbons (Fsp3) is 0.514. The van der Waals surface area contributed by atoms with E-state index in [1.165, 1.54) is 72.5 Å². The van der Waals surface area contributed by atoms with Gasteiger partial charge in [-0.15, -0.1) is 11.3 Å². The summed E-state index contributed by atoms with van der Waals surface area (Å²) in [4.78, 5) is 33.2. The number of likely N-dealkylation sites (tertiary alicyclic amines) is 1. The van der Waals surface area contributed by atoms with E-state index in [9.17, 15) is 4.79 Å². The van der Waals surface area contributed by atoms with E-state index in [1.807, 2.05) is 31.4 Å². The predicted molar refractivity (Wildman–Crippen MR) is 182 cm³/mol. The molecule has 44 heavy (non-hydrogen) atoms. The summed E-state index contributed by atoms with van der Waals surface area (Å²) < 4.78 is 1.71. The fourth-order valence-corrected chi connectivity index (χ4v) is 8.51. The number of aromatic nitrogens is 3. The monoisotopic (exact) mass is 611 g/mol. The van der Waals surface area contributed by atoms with Gasteiger partial charge in [0.1, 0.15) is 23.0 Å². The van der Waals surface area contributed by atoms with Crippen LogP contribution in [0.3, 0.4) is 0 Å². The predicted octanol–water partition coefficient (Wildman–Crippen LogP) is 6.20. The third kappa shape index (κ3) is 5.89. The van der Waals surface area contributed by atoms with Crippen LogP contribution in [0, 0.1) is 6.92 Å². The number of aryl methyl sites for hydroxylation is 2. The molecule has 9 heteroatoms. The van der Waals surface area contributed by atoms with E-state index >= 15 is 0 Å². The van der Waals surface area contributed by atoms with E-state index in [1.54, 1.807) is 4.57 Å². The van der Waals surface area contributed by atoms with Crippen molar-refractivity contribution in [3.63, 3.8) is 0 Å². The lowest BCUT2D eigenvalue weighted by Crippen LogP contribution is -2.51. The first-order valence-corrected chi connectivity index (χ1v) is 17.3. The molecule has 8 nitrogen and oxygen atoms in total. The number of anilines is 2. The first-order valence-electron chi connectivity index (χ1n) is 16.5. The van der Waals surface area contributed by atoms with Gasteiger partial charge in [-0.1, -0.05) is 37.1 Å². The van der Waals surface area contributed by atoms with Gasteiger partial charge in [-0.05, 0) is 81.9 Å². The van der Waals surface area contributed by atoms with Crippen molar-refractivity contribution >= 4 is 33.9 Å². The van der Waals surface area contributed by atoms with Crippen molar-refractivity contribution in [1.82, 2.24) is 24.3 Å². The number of hydrogen-bond donors (Lipinski definition) is 1. The topological polar surface area (TPSA) is 69.5 Å². The molecule has 0 bridgehead atoms. The highest BCUT2D eigenvalue weighted by Gasteiger charge is 2.28. The number of nitrogens with zero attached hydrogens (tertiary/aromatic N) is 6. The van der Waals surface area contributed by atoms with E-state index in [0.29, 0.717) is 11.5 Å². The van der Waals surface area contributed by atoms with Crippen molar-refractivity contribution in [2.75, 3.05) is 49.5 Å². The molecule has 5 heterocycles. The summed E-state index contributed by atoms with van der Waals surface area (Å²) in [5, 5.41) is 4.60. The third-order valence-electron chi connectivity index (χ3n) is 9.94. The van der Waals surface area contributed by atoms with E-state index in [2.05, 4.69) is 63.3 Å². The van der Waals surface area contributed by atoms with Crippen LogP contribution in [0.25, 0.3) is 21.5 Å². The van der Waals surface area contributed by atoms with Crippen LogP contribution in [0.1, 0.15) is 67.8 Å². The first-order chi connectivity index (χ1) is 21.4. The Morgan fingerprint density at radius 3 is 2.48 bits per heavy atom. The second kappa shape index (κ2) is 12.6. The smallest absolute Gasteiger partial charge is 0.275 e. The Morgan fingerprint density at radius 1 is 0.955 bits per heavy atom. The van der Waals surface area contributed by atoms with Gasteiger partial charge in [0.2, 0.25) is 0 Å². The molecule has 0 radical (unpaired) electrons. The summed E-state index contributed by atoms with van der Waals surface area (Å²) in [7, 11) is 1.84. The van der Waals surface area contributed by atoms with Gasteiger partial charge in [0, 0.05) is 55.6 Å². The minimum absolute atomic E-state index is 0.0133. The standard InChI is InChI=1S/C35H45N7OS/c1-24(31-14-15-32(44-31)28-13-7-4-10-26(28)23-40-16-8-9-17-40)36-33-29-22-30(35(43)39(3)34(29)38-25(2)37-33)42-20-18-41(19-21-42)27-11-5-6-12-27/h4,7,10,13-15,22,24,27H,5-6,8-9,11-12,16-21,23H2,1-3H3,(H,36,37,38)/t24-/m1/s1. The molecule has 2 aliphatic heterocycles. The molecule has 0 amide bonds. The zero-order chi connectivity index (χ0) is 30.2. The molecule has 232 valence electrons. The summed E-state index contributed by atoms with van der Waals surface area (Å²) in [5.41, 5.74) is 4.17. The third-order valence-corrected chi connectivity index (χ3v) is 11.2. The molecule has 1 aromatic carbocycles. The molecule has 3 aliphatic rings. The number of rotatable bonds is 8. The Hall–Kier alpha value is -3.27. The highest BCUT2D eigenvalue weighted by molar-refractivity contribution is 7.15. The normalized spacial score (nSPS) is 19.3. The van der Waals surface area contributed by atoms with Gasteiger partial charge in [0.15, 0.2) is 0 Å². The van der Waals surface area contributed by atoms with Crippen molar-refractivity contribution in [3.8, 4) is 10.4 Å². The van der Waals surface area contributed by atoms with Crippen LogP contribution in [0.5, 0.6) is 0 Å². The average molecular weight is 612 g/mol. The number of nitrogens with one attached hydrogen (secondary N) is 1. The molecule has 3 fully saturated rings.